The van der Waals surface area contributed by atoms with Gasteiger partial charge in [-0.15, -0.1) is 11.3 Å². The third-order valence-corrected chi connectivity index (χ3v) is 3.55. The third kappa shape index (κ3) is 2.32. The first-order chi connectivity index (χ1) is 5.77. The first kappa shape index (κ1) is 9.75. The molecule has 0 aliphatic rings. The van der Waals surface area contributed by atoms with Crippen molar-refractivity contribution in [2.75, 3.05) is 6.54 Å². The smallest absolute Gasteiger partial charge is 0.00762 e. The molecule has 1 aromatic heterocycles. The van der Waals surface area contributed by atoms with Crippen molar-refractivity contribution in [3.63, 3.8) is 0 Å². The van der Waals surface area contributed by atoms with E-state index >= 15 is 0 Å². The van der Waals surface area contributed by atoms with Crippen molar-refractivity contribution >= 4 is 11.3 Å². The molecule has 12 heavy (non-hydrogen) atoms. The van der Waals surface area contributed by atoms with Crippen molar-refractivity contribution in [2.45, 2.75) is 32.6 Å². The minimum absolute atomic E-state index is 0.710. The van der Waals surface area contributed by atoms with Crippen LogP contribution in [0.5, 0.6) is 0 Å². The van der Waals surface area contributed by atoms with Crippen LogP contribution in [0.2, 0.25) is 0 Å². The fourth-order valence-electron chi connectivity index (χ4n) is 1.14. The Morgan fingerprint density at radius 3 is 2.83 bits per heavy atom. The highest BCUT2D eigenvalue weighted by Crippen LogP contribution is 2.26. The summed E-state index contributed by atoms with van der Waals surface area (Å²) in [6.07, 6.45) is 2.25. The summed E-state index contributed by atoms with van der Waals surface area (Å²) in [5, 5.41) is 0. The molecule has 0 saturated carbocycles. The first-order valence-electron chi connectivity index (χ1n) is 4.56. The van der Waals surface area contributed by atoms with E-state index < -0.39 is 0 Å². The van der Waals surface area contributed by atoms with Crippen LogP contribution in [0.3, 0.4) is 0 Å². The van der Waals surface area contributed by atoms with E-state index in [1.54, 1.807) is 0 Å². The van der Waals surface area contributed by atoms with Crippen LogP contribution >= 0.6 is 11.3 Å². The molecule has 1 aromatic rings. The number of rotatable bonds is 4. The van der Waals surface area contributed by atoms with Gasteiger partial charge in [-0.3, -0.25) is 0 Å². The maximum atomic E-state index is 5.49. The maximum Gasteiger partial charge on any atom is 0.00762 e. The molecule has 1 heterocycles. The van der Waals surface area contributed by atoms with Gasteiger partial charge in [0.05, 0.1) is 0 Å². The van der Waals surface area contributed by atoms with E-state index in [4.69, 9.17) is 5.73 Å². The Hall–Kier alpha value is -0.340. The van der Waals surface area contributed by atoms with Crippen LogP contribution in [0, 0.1) is 0 Å². The molecule has 0 saturated heterocycles. The second-order valence-corrected chi connectivity index (χ2v) is 4.35. The molecule has 0 spiro atoms. The molecule has 1 atom stereocenters. The quantitative estimate of drug-likeness (QED) is 0.763. The van der Waals surface area contributed by atoms with Crippen molar-refractivity contribution in [1.29, 1.82) is 0 Å². The van der Waals surface area contributed by atoms with Crippen LogP contribution in [0.25, 0.3) is 0 Å². The van der Waals surface area contributed by atoms with Gasteiger partial charge in [0.25, 0.3) is 0 Å². The van der Waals surface area contributed by atoms with E-state index in [0.29, 0.717) is 5.92 Å². The van der Waals surface area contributed by atoms with Crippen molar-refractivity contribution in [3.05, 3.63) is 21.9 Å². The summed E-state index contributed by atoms with van der Waals surface area (Å²) in [7, 11) is 0. The third-order valence-electron chi connectivity index (χ3n) is 2.17. The second-order valence-electron chi connectivity index (χ2n) is 3.15. The fourth-order valence-corrected chi connectivity index (χ4v) is 2.30. The fraction of sp³-hybridized carbons (Fsp3) is 0.600. The van der Waals surface area contributed by atoms with Crippen molar-refractivity contribution in [3.8, 4) is 0 Å². The Kier molecular flexibility index (Phi) is 3.76. The second kappa shape index (κ2) is 4.63. The van der Waals surface area contributed by atoms with Crippen molar-refractivity contribution < 1.29 is 0 Å². The number of hydrogen-bond donors (Lipinski definition) is 1. The Bertz CT molecular complexity index is 229. The lowest BCUT2D eigenvalue weighted by molar-refractivity contribution is 0.748. The first-order valence-corrected chi connectivity index (χ1v) is 5.38. The summed E-state index contributed by atoms with van der Waals surface area (Å²) in [5.74, 6) is 0.710. The van der Waals surface area contributed by atoms with Gasteiger partial charge in [-0.25, -0.2) is 0 Å². The lowest BCUT2D eigenvalue weighted by Gasteiger charge is -2.03. The minimum Gasteiger partial charge on any atom is -0.330 e. The van der Waals surface area contributed by atoms with Gasteiger partial charge in [-0.1, -0.05) is 13.8 Å². The highest BCUT2D eigenvalue weighted by Gasteiger charge is 2.05. The summed E-state index contributed by atoms with van der Waals surface area (Å²) in [5.41, 5.74) is 5.49. The molecular weight excluding hydrogens is 166 g/mol. The zero-order valence-electron chi connectivity index (χ0n) is 7.84. The number of thiophene rings is 1. The van der Waals surface area contributed by atoms with Gasteiger partial charge in [0.1, 0.15) is 0 Å². The maximum absolute atomic E-state index is 5.49. The van der Waals surface area contributed by atoms with Crippen LogP contribution in [0.4, 0.5) is 0 Å². The van der Waals surface area contributed by atoms with E-state index in [1.807, 2.05) is 11.3 Å². The van der Waals surface area contributed by atoms with Gasteiger partial charge in [0.2, 0.25) is 0 Å². The molecule has 1 unspecified atom stereocenters. The summed E-state index contributed by atoms with van der Waals surface area (Å²) >= 11 is 1.91. The zero-order valence-corrected chi connectivity index (χ0v) is 8.66. The van der Waals surface area contributed by atoms with Crippen LogP contribution < -0.4 is 5.73 Å². The number of nitrogens with two attached hydrogens (primary N) is 1. The van der Waals surface area contributed by atoms with Crippen molar-refractivity contribution in [2.24, 2.45) is 5.73 Å². The highest BCUT2D eigenvalue weighted by molar-refractivity contribution is 7.12. The topological polar surface area (TPSA) is 26.0 Å². The van der Waals surface area contributed by atoms with Crippen LogP contribution in [-0.4, -0.2) is 6.54 Å². The minimum atomic E-state index is 0.710. The molecule has 0 fully saturated rings. The zero-order chi connectivity index (χ0) is 8.97. The molecule has 1 rings (SSSR count). The predicted molar refractivity (Wildman–Crippen MR) is 55.8 cm³/mol. The van der Waals surface area contributed by atoms with E-state index in [9.17, 15) is 0 Å². The summed E-state index contributed by atoms with van der Waals surface area (Å²) in [6, 6.07) is 4.45. The standard InChI is InChI=1S/C10H17NS/c1-3-8(2)10-5-4-9(12-10)6-7-11/h4-5,8H,3,6-7,11H2,1-2H3. The molecule has 0 radical (unpaired) electrons. The average molecular weight is 183 g/mol. The van der Waals surface area contributed by atoms with E-state index in [1.165, 1.54) is 16.2 Å². The Morgan fingerprint density at radius 2 is 2.25 bits per heavy atom. The summed E-state index contributed by atoms with van der Waals surface area (Å²) in [4.78, 5) is 2.92. The Balaban J connectivity index is 2.63. The Morgan fingerprint density at radius 1 is 1.50 bits per heavy atom. The average Bonchev–Trinajstić information content (AvgIpc) is 2.52. The van der Waals surface area contributed by atoms with E-state index in [2.05, 4.69) is 26.0 Å². The molecule has 2 heteroatoms. The van der Waals surface area contributed by atoms with Gasteiger partial charge in [-0.05, 0) is 37.4 Å². The molecule has 68 valence electrons. The molecule has 0 amide bonds. The lowest BCUT2D eigenvalue weighted by Crippen LogP contribution is -2.00. The normalized spacial score (nSPS) is 13.2. The largest absolute Gasteiger partial charge is 0.330 e. The molecule has 1 nitrogen and oxygen atoms in total. The molecule has 2 N–H and O–H groups in total. The molecule has 0 bridgehead atoms. The molecule has 0 aliphatic heterocycles. The summed E-state index contributed by atoms with van der Waals surface area (Å²) < 4.78 is 0. The Labute approximate surface area is 78.6 Å². The van der Waals surface area contributed by atoms with Gasteiger partial charge in [-0.2, -0.15) is 0 Å². The lowest BCUT2D eigenvalue weighted by atomic mass is 10.1. The highest BCUT2D eigenvalue weighted by atomic mass is 32.1. The molecular formula is C10H17NS. The van der Waals surface area contributed by atoms with Crippen LogP contribution in [-0.2, 0) is 6.42 Å². The van der Waals surface area contributed by atoms with E-state index in [0.717, 1.165) is 13.0 Å². The SMILES string of the molecule is CCC(C)c1ccc(CCN)s1. The molecule has 0 aromatic carbocycles. The molecule has 0 aliphatic carbocycles. The van der Waals surface area contributed by atoms with Crippen LogP contribution in [0.1, 0.15) is 35.9 Å². The van der Waals surface area contributed by atoms with Crippen LogP contribution in [0.15, 0.2) is 12.1 Å². The van der Waals surface area contributed by atoms with Gasteiger partial charge in [0.15, 0.2) is 0 Å². The van der Waals surface area contributed by atoms with Crippen molar-refractivity contribution in [1.82, 2.24) is 0 Å². The van der Waals surface area contributed by atoms with E-state index in [-0.39, 0.29) is 0 Å². The van der Waals surface area contributed by atoms with Gasteiger partial charge < -0.3 is 5.73 Å². The number of hydrogen-bond acceptors (Lipinski definition) is 2. The van der Waals surface area contributed by atoms with Gasteiger partial charge >= 0.3 is 0 Å². The predicted octanol–water partition coefficient (Wildman–Crippen LogP) is 2.76. The monoisotopic (exact) mass is 183 g/mol. The summed E-state index contributed by atoms with van der Waals surface area (Å²) in [6.45, 7) is 5.27. The van der Waals surface area contributed by atoms with Gasteiger partial charge in [0, 0.05) is 9.75 Å².